The molecule has 5 aliphatic carbocycles. The number of hydrogen-bond donors (Lipinski definition) is 0. The highest BCUT2D eigenvalue weighted by Gasteiger charge is 2.57. The molecule has 10 atom stereocenters. The summed E-state index contributed by atoms with van der Waals surface area (Å²) in [5, 5.41) is 1.07. The highest BCUT2D eigenvalue weighted by Crippen LogP contribution is 2.70. The van der Waals surface area contributed by atoms with E-state index >= 15 is 0 Å². The molecule has 10 unspecified atom stereocenters. The molecular weight excluding hydrogens is 331 g/mol. The van der Waals surface area contributed by atoms with Gasteiger partial charge >= 0.3 is 0 Å². The quantitative estimate of drug-likeness (QED) is 0.356. The third-order valence-electron chi connectivity index (χ3n) is 10.1. The minimum atomic E-state index is 0.489. The minimum absolute atomic E-state index is 0.489. The number of allylic oxidation sites excluding steroid dienone is 2. The zero-order valence-corrected chi connectivity index (χ0v) is 18.3. The fraction of sp³-hybridized carbons (Fsp3) is 0.840. The molecule has 144 valence electrons. The van der Waals surface area contributed by atoms with Gasteiger partial charge in [0, 0.05) is 5.16 Å². The van der Waals surface area contributed by atoms with Crippen LogP contribution in [0.1, 0.15) is 78.6 Å². The van der Waals surface area contributed by atoms with E-state index in [-0.39, 0.29) is 0 Å². The Kier molecular flexibility index (Phi) is 4.11. The molecule has 0 N–H and O–H groups in total. The summed E-state index contributed by atoms with van der Waals surface area (Å²) in [5.74, 6) is 6.64. The lowest BCUT2D eigenvalue weighted by Gasteiger charge is -2.48. The second-order valence-electron chi connectivity index (χ2n) is 11.4. The predicted octanol–water partition coefficient (Wildman–Crippen LogP) is 7.21. The van der Waals surface area contributed by atoms with E-state index in [1.54, 1.807) is 11.1 Å². The number of rotatable bonds is 2. The molecule has 0 aliphatic heterocycles. The summed E-state index contributed by atoms with van der Waals surface area (Å²) in [4.78, 5) is 0. The van der Waals surface area contributed by atoms with Crippen LogP contribution in [-0.2, 0) is 0 Å². The van der Waals surface area contributed by atoms with Crippen molar-refractivity contribution in [1.82, 2.24) is 0 Å². The van der Waals surface area contributed by atoms with E-state index in [0.717, 1.165) is 50.0 Å². The summed E-state index contributed by atoms with van der Waals surface area (Å²) in [6.07, 6.45) is 12.9. The van der Waals surface area contributed by atoms with Crippen molar-refractivity contribution in [3.63, 3.8) is 0 Å². The van der Waals surface area contributed by atoms with Crippen LogP contribution in [0.15, 0.2) is 24.3 Å². The van der Waals surface area contributed by atoms with Crippen molar-refractivity contribution in [2.24, 2.45) is 41.4 Å². The van der Waals surface area contributed by atoms with E-state index < -0.39 is 0 Å². The van der Waals surface area contributed by atoms with Crippen LogP contribution in [0.5, 0.6) is 0 Å². The van der Waals surface area contributed by atoms with Crippen LogP contribution in [0, 0.1) is 41.4 Å². The van der Waals surface area contributed by atoms with E-state index in [1.165, 1.54) is 57.8 Å². The molecule has 0 spiro atoms. The lowest BCUT2D eigenvalue weighted by atomic mass is 9.62. The standard InChI is InChI=1S/C25H39P/c1-15-8-20-9-16(2)25(12-15,13-20)26-24-7-6-23-18(4)21(10-17(24)3)11-22(14-24)19(23)5/h16,18-23,26H,1,3,6-14H2,2,4-5H3. The Balaban J connectivity index is 1.51. The highest BCUT2D eigenvalue weighted by molar-refractivity contribution is 7.42. The average Bonchev–Trinajstić information content (AvgIpc) is 2.67. The first kappa shape index (κ1) is 18.0. The van der Waals surface area contributed by atoms with Crippen LogP contribution in [0.25, 0.3) is 0 Å². The summed E-state index contributed by atoms with van der Waals surface area (Å²) in [5.41, 5.74) is 3.26. The Morgan fingerprint density at radius 3 is 2.54 bits per heavy atom. The third kappa shape index (κ3) is 2.50. The molecule has 5 rings (SSSR count). The van der Waals surface area contributed by atoms with Crippen molar-refractivity contribution in [3.05, 3.63) is 24.3 Å². The lowest BCUT2D eigenvalue weighted by molar-refractivity contribution is 0.0627. The van der Waals surface area contributed by atoms with Crippen LogP contribution in [0.2, 0.25) is 0 Å². The van der Waals surface area contributed by atoms with Crippen molar-refractivity contribution in [2.45, 2.75) is 88.9 Å². The first-order chi connectivity index (χ1) is 12.3. The van der Waals surface area contributed by atoms with Gasteiger partial charge in [0.05, 0.1) is 0 Å². The number of fused-ring (bicyclic) bond motifs is 5. The second kappa shape index (κ2) is 5.95. The molecule has 0 radical (unpaired) electrons. The maximum Gasteiger partial charge on any atom is 0.00908 e. The van der Waals surface area contributed by atoms with Crippen LogP contribution in [0.4, 0.5) is 0 Å². The van der Waals surface area contributed by atoms with Gasteiger partial charge in [-0.05, 0) is 104 Å². The fourth-order valence-electron chi connectivity index (χ4n) is 8.61. The maximum atomic E-state index is 4.82. The third-order valence-corrected chi connectivity index (χ3v) is 12.7. The Hall–Kier alpha value is -0.0900. The van der Waals surface area contributed by atoms with E-state index in [0.29, 0.717) is 10.3 Å². The molecule has 0 nitrogen and oxygen atoms in total. The Labute approximate surface area is 163 Å². The SMILES string of the molecule is C=C1CC2CC(C)C(PC34CCC5C(C)C(CC3=C)CC(C4)C5C)(C1)C2. The molecule has 0 amide bonds. The molecule has 6 bridgehead atoms. The highest BCUT2D eigenvalue weighted by atomic mass is 31.1. The van der Waals surface area contributed by atoms with E-state index in [2.05, 4.69) is 27.4 Å². The molecule has 0 aromatic heterocycles. The summed E-state index contributed by atoms with van der Waals surface area (Å²) < 4.78 is 0. The van der Waals surface area contributed by atoms with Gasteiger partial charge in [-0.1, -0.05) is 45.1 Å². The summed E-state index contributed by atoms with van der Waals surface area (Å²) in [7, 11) is 1.12. The normalized spacial score (nSPS) is 56.3. The molecule has 5 saturated carbocycles. The zero-order valence-electron chi connectivity index (χ0n) is 17.3. The molecule has 0 aromatic carbocycles. The van der Waals surface area contributed by atoms with Crippen LogP contribution in [-0.4, -0.2) is 10.3 Å². The topological polar surface area (TPSA) is 0 Å². The molecular formula is C25H39P. The van der Waals surface area contributed by atoms with Gasteiger partial charge < -0.3 is 0 Å². The molecule has 5 aliphatic rings. The summed E-state index contributed by atoms with van der Waals surface area (Å²) in [6.45, 7) is 17.1. The van der Waals surface area contributed by atoms with Gasteiger partial charge in [0.25, 0.3) is 0 Å². The minimum Gasteiger partial charge on any atom is -0.104 e. The second-order valence-corrected chi connectivity index (χ2v) is 13.6. The Morgan fingerprint density at radius 2 is 1.73 bits per heavy atom. The van der Waals surface area contributed by atoms with Crippen LogP contribution >= 0.6 is 8.58 Å². The van der Waals surface area contributed by atoms with E-state index in [4.69, 9.17) is 6.58 Å². The van der Waals surface area contributed by atoms with Crippen LogP contribution < -0.4 is 0 Å². The van der Waals surface area contributed by atoms with Gasteiger partial charge in [-0.2, -0.15) is 0 Å². The Bertz CT molecular complexity index is 634. The van der Waals surface area contributed by atoms with Crippen LogP contribution in [0.3, 0.4) is 0 Å². The number of hydrogen-bond acceptors (Lipinski definition) is 0. The molecule has 0 saturated heterocycles. The van der Waals surface area contributed by atoms with Gasteiger partial charge in [-0.25, -0.2) is 0 Å². The molecule has 0 heterocycles. The largest absolute Gasteiger partial charge is 0.104 e. The predicted molar refractivity (Wildman–Crippen MR) is 115 cm³/mol. The lowest BCUT2D eigenvalue weighted by Crippen LogP contribution is -2.38. The fourth-order valence-corrected chi connectivity index (χ4v) is 11.6. The van der Waals surface area contributed by atoms with Gasteiger partial charge in [0.1, 0.15) is 0 Å². The summed E-state index contributed by atoms with van der Waals surface area (Å²) >= 11 is 0. The zero-order chi connectivity index (χ0) is 18.3. The van der Waals surface area contributed by atoms with E-state index in [9.17, 15) is 0 Å². The molecule has 0 aromatic rings. The van der Waals surface area contributed by atoms with Gasteiger partial charge in [-0.15, -0.1) is 8.58 Å². The van der Waals surface area contributed by atoms with Crippen molar-refractivity contribution >= 4 is 8.58 Å². The molecule has 1 heteroatoms. The maximum absolute atomic E-state index is 4.82. The monoisotopic (exact) mass is 370 g/mol. The first-order valence-corrected chi connectivity index (χ1v) is 12.5. The van der Waals surface area contributed by atoms with Crippen molar-refractivity contribution < 1.29 is 0 Å². The smallest absolute Gasteiger partial charge is 0.00908 e. The van der Waals surface area contributed by atoms with Gasteiger partial charge in [0.2, 0.25) is 0 Å². The Morgan fingerprint density at radius 1 is 0.962 bits per heavy atom. The molecule has 5 fully saturated rings. The summed E-state index contributed by atoms with van der Waals surface area (Å²) in [6, 6.07) is 0. The average molecular weight is 371 g/mol. The van der Waals surface area contributed by atoms with Crippen molar-refractivity contribution in [2.75, 3.05) is 0 Å². The molecule has 26 heavy (non-hydrogen) atoms. The van der Waals surface area contributed by atoms with Gasteiger partial charge in [-0.3, -0.25) is 0 Å². The van der Waals surface area contributed by atoms with E-state index in [1.807, 2.05) is 0 Å². The van der Waals surface area contributed by atoms with Crippen molar-refractivity contribution in [3.8, 4) is 0 Å². The van der Waals surface area contributed by atoms with Gasteiger partial charge in [0.15, 0.2) is 0 Å². The first-order valence-electron chi connectivity index (χ1n) is 11.5. The van der Waals surface area contributed by atoms with Crippen molar-refractivity contribution in [1.29, 1.82) is 0 Å².